The first-order chi connectivity index (χ1) is 13.8. The molecule has 9 heteroatoms. The van der Waals surface area contributed by atoms with Crippen LogP contribution in [0, 0.1) is 20.8 Å². The van der Waals surface area contributed by atoms with Crippen LogP contribution in [0.2, 0.25) is 0 Å². The zero-order valence-electron chi connectivity index (χ0n) is 17.0. The number of rotatable bonds is 5. The Labute approximate surface area is 175 Å². The van der Waals surface area contributed by atoms with Gasteiger partial charge in [-0.1, -0.05) is 24.3 Å². The van der Waals surface area contributed by atoms with Gasteiger partial charge in [0.25, 0.3) is 5.91 Å². The van der Waals surface area contributed by atoms with E-state index < -0.39 is 6.04 Å². The van der Waals surface area contributed by atoms with Crippen molar-refractivity contribution in [3.05, 3.63) is 65.1 Å². The average Bonchev–Trinajstić information content (AvgIpc) is 3.26. The second-order valence-electron chi connectivity index (χ2n) is 7.00. The molecule has 3 rings (SSSR count). The highest BCUT2D eigenvalue weighted by molar-refractivity contribution is 7.80. The fourth-order valence-electron chi connectivity index (χ4n) is 3.10. The van der Waals surface area contributed by atoms with E-state index in [0.717, 1.165) is 17.0 Å². The minimum absolute atomic E-state index is 0.0000551. The van der Waals surface area contributed by atoms with Crippen LogP contribution >= 0.6 is 12.2 Å². The number of aryl methyl sites for hydroxylation is 3. The highest BCUT2D eigenvalue weighted by Crippen LogP contribution is 2.15. The molecule has 0 saturated heterocycles. The number of thiocarbonyl (C=S) groups is 1. The molecule has 0 spiro atoms. The Bertz CT molecular complexity index is 1040. The van der Waals surface area contributed by atoms with Crippen LogP contribution in [0.15, 0.2) is 42.6 Å². The molecule has 1 atom stereocenters. The summed E-state index contributed by atoms with van der Waals surface area (Å²) in [4.78, 5) is 12.8. The molecule has 0 aliphatic rings. The summed E-state index contributed by atoms with van der Waals surface area (Å²) >= 11 is 5.13. The predicted octanol–water partition coefficient (Wildman–Crippen LogP) is 2.40. The number of hydrogen-bond donors (Lipinski definition) is 2. The maximum absolute atomic E-state index is 12.8. The highest BCUT2D eigenvalue weighted by atomic mass is 32.1. The zero-order valence-corrected chi connectivity index (χ0v) is 17.8. The second kappa shape index (κ2) is 8.44. The Morgan fingerprint density at radius 3 is 2.59 bits per heavy atom. The number of nitrogens with two attached hydrogens (primary N) is 1. The summed E-state index contributed by atoms with van der Waals surface area (Å²) in [5.41, 5.74) is 12.7. The predicted molar refractivity (Wildman–Crippen MR) is 116 cm³/mol. The molecule has 0 aliphatic carbocycles. The molecule has 1 amide bonds. The van der Waals surface area contributed by atoms with Gasteiger partial charge in [0.15, 0.2) is 10.9 Å². The maximum Gasteiger partial charge on any atom is 0.263 e. The Morgan fingerprint density at radius 2 is 1.97 bits per heavy atom. The van der Waals surface area contributed by atoms with Crippen molar-refractivity contribution in [2.75, 3.05) is 5.01 Å². The third-order valence-corrected chi connectivity index (χ3v) is 4.87. The van der Waals surface area contributed by atoms with Crippen molar-refractivity contribution in [3.8, 4) is 0 Å². The molecule has 152 valence electrons. The molecule has 0 bridgehead atoms. The molecule has 0 fully saturated rings. The number of hydrazine groups is 1. The van der Waals surface area contributed by atoms with Crippen molar-refractivity contribution in [1.29, 1.82) is 0 Å². The fourth-order valence-corrected chi connectivity index (χ4v) is 3.24. The molecule has 1 aromatic carbocycles. The first-order valence-electron chi connectivity index (χ1n) is 9.27. The second-order valence-corrected chi connectivity index (χ2v) is 7.41. The first-order valence-corrected chi connectivity index (χ1v) is 9.68. The molecule has 0 saturated carbocycles. The molecule has 0 radical (unpaired) electrons. The molecular formula is C20H25N7OS. The summed E-state index contributed by atoms with van der Waals surface area (Å²) in [6.45, 7) is 8.22. The lowest BCUT2D eigenvalue weighted by atomic mass is 10.1. The van der Waals surface area contributed by atoms with E-state index in [1.54, 1.807) is 22.4 Å². The van der Waals surface area contributed by atoms with Crippen molar-refractivity contribution in [3.63, 3.8) is 0 Å². The van der Waals surface area contributed by atoms with Gasteiger partial charge in [-0.15, -0.1) is 0 Å². The smallest absolute Gasteiger partial charge is 0.263 e. The molecule has 29 heavy (non-hydrogen) atoms. The summed E-state index contributed by atoms with van der Waals surface area (Å²) in [6, 6.07) is 11.3. The number of aromatic nitrogens is 4. The van der Waals surface area contributed by atoms with Crippen LogP contribution in [0.3, 0.4) is 0 Å². The van der Waals surface area contributed by atoms with Crippen molar-refractivity contribution in [1.82, 2.24) is 25.0 Å². The third kappa shape index (κ3) is 4.62. The highest BCUT2D eigenvalue weighted by Gasteiger charge is 2.23. The normalized spacial score (nSPS) is 11.9. The summed E-state index contributed by atoms with van der Waals surface area (Å²) in [5.74, 6) is 0.150. The number of nitrogens with zero attached hydrogens (tertiary/aromatic N) is 5. The van der Waals surface area contributed by atoms with E-state index in [1.807, 2.05) is 38.2 Å². The zero-order chi connectivity index (χ0) is 21.1. The van der Waals surface area contributed by atoms with Crippen LogP contribution in [0.1, 0.15) is 35.5 Å². The average molecular weight is 412 g/mol. The molecule has 8 nitrogen and oxygen atoms in total. The van der Waals surface area contributed by atoms with Crippen molar-refractivity contribution < 1.29 is 4.79 Å². The molecule has 0 aliphatic heterocycles. The summed E-state index contributed by atoms with van der Waals surface area (Å²) in [5, 5.41) is 10.2. The number of carbonyl (C=O) groups is 1. The van der Waals surface area contributed by atoms with Gasteiger partial charge in [0.05, 0.1) is 12.2 Å². The number of benzene rings is 1. The van der Waals surface area contributed by atoms with E-state index in [0.29, 0.717) is 12.4 Å². The Morgan fingerprint density at radius 1 is 1.24 bits per heavy atom. The Balaban J connectivity index is 1.76. The van der Waals surface area contributed by atoms with Crippen molar-refractivity contribution in [2.24, 2.45) is 5.73 Å². The summed E-state index contributed by atoms with van der Waals surface area (Å²) in [7, 11) is 0. The largest absolute Gasteiger partial charge is 0.374 e. The number of amides is 1. The lowest BCUT2D eigenvalue weighted by molar-refractivity contribution is -0.124. The van der Waals surface area contributed by atoms with Gasteiger partial charge in [-0.05, 0) is 57.1 Å². The first kappa shape index (κ1) is 20.5. The molecule has 2 heterocycles. The summed E-state index contributed by atoms with van der Waals surface area (Å²) in [6.07, 6.45) is 1.82. The SMILES string of the molecule is Cc1cc(C)n(C(C)C(=O)NN(C(N)=S)c2ccn(Cc3ccccc3C)n2)n1. The van der Waals surface area contributed by atoms with Gasteiger partial charge in [-0.25, -0.2) is 5.01 Å². The van der Waals surface area contributed by atoms with Gasteiger partial charge in [0, 0.05) is 18.0 Å². The maximum atomic E-state index is 12.8. The van der Waals surface area contributed by atoms with Crippen LogP contribution in [-0.2, 0) is 11.3 Å². The summed E-state index contributed by atoms with van der Waals surface area (Å²) < 4.78 is 3.44. The minimum Gasteiger partial charge on any atom is -0.374 e. The molecule has 2 aromatic heterocycles. The quantitative estimate of drug-likeness (QED) is 0.495. The van der Waals surface area contributed by atoms with E-state index in [2.05, 4.69) is 34.7 Å². The van der Waals surface area contributed by atoms with Crippen LogP contribution < -0.4 is 16.2 Å². The van der Waals surface area contributed by atoms with Gasteiger partial charge in [0.1, 0.15) is 6.04 Å². The standard InChI is InChI=1S/C20H25N7OS/c1-13-7-5-6-8-17(13)12-25-10-9-18(23-25)27(20(21)29)24-19(28)16(4)26-15(3)11-14(2)22-26/h5-11,16H,12H2,1-4H3,(H2,21,29)(H,24,28). The Hall–Kier alpha value is -3.20. The number of anilines is 1. The van der Waals surface area contributed by atoms with E-state index in [4.69, 9.17) is 18.0 Å². The third-order valence-electron chi connectivity index (χ3n) is 4.68. The molecular weight excluding hydrogens is 386 g/mol. The van der Waals surface area contributed by atoms with Gasteiger partial charge in [-0.2, -0.15) is 10.2 Å². The van der Waals surface area contributed by atoms with Crippen LogP contribution in [0.25, 0.3) is 0 Å². The van der Waals surface area contributed by atoms with Crippen molar-refractivity contribution in [2.45, 2.75) is 40.3 Å². The number of hydrogen-bond acceptors (Lipinski definition) is 4. The number of carbonyl (C=O) groups excluding carboxylic acids is 1. The van der Waals surface area contributed by atoms with Crippen LogP contribution in [-0.4, -0.2) is 30.6 Å². The lowest BCUT2D eigenvalue weighted by Crippen LogP contribution is -2.51. The monoisotopic (exact) mass is 411 g/mol. The lowest BCUT2D eigenvalue weighted by Gasteiger charge is -2.23. The van der Waals surface area contributed by atoms with Gasteiger partial charge >= 0.3 is 0 Å². The van der Waals surface area contributed by atoms with E-state index in [1.165, 1.54) is 10.6 Å². The van der Waals surface area contributed by atoms with E-state index in [-0.39, 0.29) is 11.0 Å². The van der Waals surface area contributed by atoms with Crippen LogP contribution in [0.4, 0.5) is 5.82 Å². The van der Waals surface area contributed by atoms with Gasteiger partial charge in [0.2, 0.25) is 0 Å². The van der Waals surface area contributed by atoms with Gasteiger partial charge < -0.3 is 5.73 Å². The minimum atomic E-state index is -0.533. The number of nitrogens with one attached hydrogen (secondary N) is 1. The van der Waals surface area contributed by atoms with Gasteiger partial charge in [-0.3, -0.25) is 19.6 Å². The van der Waals surface area contributed by atoms with E-state index in [9.17, 15) is 4.79 Å². The van der Waals surface area contributed by atoms with E-state index >= 15 is 0 Å². The topological polar surface area (TPSA) is 94.0 Å². The molecule has 3 aromatic rings. The molecule has 3 N–H and O–H groups in total. The van der Waals surface area contributed by atoms with Crippen LogP contribution in [0.5, 0.6) is 0 Å². The molecule has 1 unspecified atom stereocenters. The Kier molecular flexibility index (Phi) is 5.97. The van der Waals surface area contributed by atoms with Crippen molar-refractivity contribution >= 4 is 29.1 Å². The fraction of sp³-hybridized carbons (Fsp3) is 0.300.